The van der Waals surface area contributed by atoms with E-state index in [0.29, 0.717) is 6.61 Å². The van der Waals surface area contributed by atoms with E-state index < -0.39 is 0 Å². The number of pyridine rings is 1. The third-order valence-electron chi connectivity index (χ3n) is 3.15. The van der Waals surface area contributed by atoms with Crippen molar-refractivity contribution in [1.82, 2.24) is 4.57 Å². The van der Waals surface area contributed by atoms with Crippen molar-refractivity contribution < 1.29 is 4.74 Å². The highest BCUT2D eigenvalue weighted by atomic mass is 79.9. The van der Waals surface area contributed by atoms with E-state index in [1.54, 1.807) is 10.6 Å². The van der Waals surface area contributed by atoms with Crippen LogP contribution in [0.15, 0.2) is 31.9 Å². The van der Waals surface area contributed by atoms with Crippen LogP contribution in [0, 0.1) is 0 Å². The van der Waals surface area contributed by atoms with Gasteiger partial charge in [-0.25, -0.2) is 0 Å². The van der Waals surface area contributed by atoms with Crippen molar-refractivity contribution in [3.8, 4) is 5.75 Å². The van der Waals surface area contributed by atoms with Crippen LogP contribution in [-0.2, 0) is 6.54 Å². The fraction of sp³-hybridized carbons (Fsp3) is 0.308. The quantitative estimate of drug-likeness (QED) is 0.706. The molecule has 94 valence electrons. The Morgan fingerprint density at radius 1 is 1.17 bits per heavy atom. The Morgan fingerprint density at radius 3 is 2.83 bits per heavy atom. The lowest BCUT2D eigenvalue weighted by Crippen LogP contribution is -2.22. The molecule has 2 heterocycles. The average molecular weight is 373 g/mol. The standard InChI is InChI=1S/C13H11Br2NO2/c14-9-7-10(15)13-12-8(9)3-4-11(17)16(12)5-1-2-6-18-13/h3-4,7H,1-2,5-6H2. The maximum Gasteiger partial charge on any atom is 0.251 e. The summed E-state index contributed by atoms with van der Waals surface area (Å²) in [4.78, 5) is 12.0. The monoisotopic (exact) mass is 371 g/mol. The number of benzene rings is 1. The first-order valence-electron chi connectivity index (χ1n) is 5.83. The molecule has 1 aromatic heterocycles. The van der Waals surface area contributed by atoms with Gasteiger partial charge in [-0.3, -0.25) is 4.79 Å². The lowest BCUT2D eigenvalue weighted by molar-refractivity contribution is 0.296. The predicted octanol–water partition coefficient (Wildman–Crippen LogP) is 3.70. The largest absolute Gasteiger partial charge is 0.490 e. The smallest absolute Gasteiger partial charge is 0.251 e. The van der Waals surface area contributed by atoms with Gasteiger partial charge in [0.05, 0.1) is 16.6 Å². The molecule has 0 atom stereocenters. The summed E-state index contributed by atoms with van der Waals surface area (Å²) in [5.74, 6) is 0.769. The minimum Gasteiger partial charge on any atom is -0.490 e. The summed E-state index contributed by atoms with van der Waals surface area (Å²) in [6, 6.07) is 5.43. The van der Waals surface area contributed by atoms with E-state index in [2.05, 4.69) is 31.9 Å². The van der Waals surface area contributed by atoms with Crippen LogP contribution in [0.1, 0.15) is 12.8 Å². The lowest BCUT2D eigenvalue weighted by atomic mass is 10.1. The molecule has 3 nitrogen and oxygen atoms in total. The van der Waals surface area contributed by atoms with E-state index in [0.717, 1.165) is 45.0 Å². The molecule has 0 unspecified atom stereocenters. The maximum absolute atomic E-state index is 12.0. The van der Waals surface area contributed by atoms with E-state index in [1.165, 1.54) is 0 Å². The van der Waals surface area contributed by atoms with Gasteiger partial charge in [-0.15, -0.1) is 0 Å². The van der Waals surface area contributed by atoms with Gasteiger partial charge in [0.2, 0.25) is 0 Å². The highest BCUT2D eigenvalue weighted by Gasteiger charge is 2.17. The van der Waals surface area contributed by atoms with Crippen molar-refractivity contribution in [3.63, 3.8) is 0 Å². The first-order chi connectivity index (χ1) is 8.68. The molecule has 0 spiro atoms. The second kappa shape index (κ2) is 4.70. The first-order valence-corrected chi connectivity index (χ1v) is 7.41. The number of ether oxygens (including phenoxy) is 1. The van der Waals surface area contributed by atoms with Crippen LogP contribution in [0.4, 0.5) is 0 Å². The zero-order valence-electron chi connectivity index (χ0n) is 9.58. The van der Waals surface area contributed by atoms with Crippen molar-refractivity contribution in [1.29, 1.82) is 0 Å². The molecule has 0 bridgehead atoms. The number of rotatable bonds is 0. The van der Waals surface area contributed by atoms with E-state index in [1.807, 2.05) is 12.1 Å². The Hall–Kier alpha value is -0.810. The van der Waals surface area contributed by atoms with E-state index in [9.17, 15) is 4.79 Å². The van der Waals surface area contributed by atoms with Crippen LogP contribution >= 0.6 is 31.9 Å². The SMILES string of the molecule is O=c1ccc2c(Br)cc(Br)c3c2n1CCCCO3. The Morgan fingerprint density at radius 2 is 2.00 bits per heavy atom. The minimum absolute atomic E-state index is 0.0271. The third-order valence-corrected chi connectivity index (χ3v) is 4.39. The van der Waals surface area contributed by atoms with Crippen molar-refractivity contribution in [2.75, 3.05) is 6.61 Å². The van der Waals surface area contributed by atoms with E-state index >= 15 is 0 Å². The number of aryl methyl sites for hydroxylation is 1. The molecule has 1 aliphatic heterocycles. The number of hydrogen-bond donors (Lipinski definition) is 0. The van der Waals surface area contributed by atoms with Gasteiger partial charge >= 0.3 is 0 Å². The highest BCUT2D eigenvalue weighted by Crippen LogP contribution is 2.38. The van der Waals surface area contributed by atoms with Crippen LogP contribution < -0.4 is 10.3 Å². The fourth-order valence-corrected chi connectivity index (χ4v) is 3.68. The van der Waals surface area contributed by atoms with Crippen LogP contribution in [0.2, 0.25) is 0 Å². The number of nitrogens with zero attached hydrogens (tertiary/aromatic N) is 1. The topological polar surface area (TPSA) is 31.2 Å². The highest BCUT2D eigenvalue weighted by molar-refractivity contribution is 9.11. The molecule has 5 heteroatoms. The second-order valence-corrected chi connectivity index (χ2v) is 6.02. The Kier molecular flexibility index (Phi) is 3.20. The summed E-state index contributed by atoms with van der Waals surface area (Å²) >= 11 is 7.05. The van der Waals surface area contributed by atoms with Gasteiger partial charge in [0.25, 0.3) is 5.56 Å². The molecule has 0 N–H and O–H groups in total. The summed E-state index contributed by atoms with van der Waals surface area (Å²) < 4.78 is 9.46. The second-order valence-electron chi connectivity index (χ2n) is 4.31. The zero-order chi connectivity index (χ0) is 12.7. The van der Waals surface area contributed by atoms with Gasteiger partial charge < -0.3 is 9.30 Å². The lowest BCUT2D eigenvalue weighted by Gasteiger charge is -2.19. The Labute approximate surface area is 121 Å². The summed E-state index contributed by atoms with van der Waals surface area (Å²) in [7, 11) is 0. The van der Waals surface area contributed by atoms with Gasteiger partial charge in [0.1, 0.15) is 0 Å². The van der Waals surface area contributed by atoms with Gasteiger partial charge in [-0.1, -0.05) is 15.9 Å². The number of aromatic nitrogens is 1. The normalized spacial score (nSPS) is 15.0. The van der Waals surface area contributed by atoms with Crippen molar-refractivity contribution in [2.24, 2.45) is 0 Å². The molecule has 0 fully saturated rings. The summed E-state index contributed by atoms with van der Waals surface area (Å²) in [6.45, 7) is 1.44. The summed E-state index contributed by atoms with van der Waals surface area (Å²) in [5.41, 5.74) is 0.905. The van der Waals surface area contributed by atoms with E-state index in [-0.39, 0.29) is 5.56 Å². The molecule has 3 rings (SSSR count). The molecule has 1 aliphatic rings. The molecular formula is C13H11Br2NO2. The first kappa shape index (κ1) is 12.2. The fourth-order valence-electron chi connectivity index (χ4n) is 2.29. The van der Waals surface area contributed by atoms with Crippen LogP contribution in [0.25, 0.3) is 10.9 Å². The Bertz CT molecular complexity index is 679. The van der Waals surface area contributed by atoms with Gasteiger partial charge in [-0.2, -0.15) is 0 Å². The number of hydrogen-bond acceptors (Lipinski definition) is 2. The molecule has 0 aliphatic carbocycles. The van der Waals surface area contributed by atoms with Crippen molar-refractivity contribution in [3.05, 3.63) is 37.5 Å². The van der Waals surface area contributed by atoms with Crippen molar-refractivity contribution >= 4 is 42.8 Å². The van der Waals surface area contributed by atoms with Crippen LogP contribution in [0.5, 0.6) is 5.75 Å². The average Bonchev–Trinajstić information content (AvgIpc) is 2.29. The molecule has 1 aromatic carbocycles. The van der Waals surface area contributed by atoms with Crippen molar-refractivity contribution in [2.45, 2.75) is 19.4 Å². The van der Waals surface area contributed by atoms with Gasteiger partial charge in [0, 0.05) is 22.5 Å². The molecule has 18 heavy (non-hydrogen) atoms. The Balaban J connectivity index is 2.49. The minimum atomic E-state index is 0.0271. The molecular weight excluding hydrogens is 362 g/mol. The summed E-state index contributed by atoms with van der Waals surface area (Å²) in [6.07, 6.45) is 1.92. The molecule has 0 saturated carbocycles. The van der Waals surface area contributed by atoms with Gasteiger partial charge in [0.15, 0.2) is 5.75 Å². The number of halogens is 2. The molecule has 2 aromatic rings. The molecule has 0 radical (unpaired) electrons. The van der Waals surface area contributed by atoms with Gasteiger partial charge in [-0.05, 0) is 40.9 Å². The maximum atomic E-state index is 12.0. The summed E-state index contributed by atoms with van der Waals surface area (Å²) in [5, 5.41) is 1.01. The van der Waals surface area contributed by atoms with E-state index in [4.69, 9.17) is 4.74 Å². The molecule has 0 amide bonds. The predicted molar refractivity (Wildman–Crippen MR) is 78.3 cm³/mol. The zero-order valence-corrected chi connectivity index (χ0v) is 12.8. The third kappa shape index (κ3) is 1.89. The van der Waals surface area contributed by atoms with Crippen LogP contribution in [0.3, 0.4) is 0 Å². The molecule has 0 saturated heterocycles. The van der Waals surface area contributed by atoms with Crippen LogP contribution in [-0.4, -0.2) is 11.2 Å².